The number of carbonyl (C=O) groups is 1. The van der Waals surface area contributed by atoms with Crippen LogP contribution in [0.4, 0.5) is 4.79 Å². The van der Waals surface area contributed by atoms with Crippen LogP contribution in [-0.4, -0.2) is 50.9 Å². The molecule has 0 radical (unpaired) electrons. The zero-order valence-corrected chi connectivity index (χ0v) is 14.6. The van der Waals surface area contributed by atoms with Crippen molar-refractivity contribution >= 4 is 6.03 Å². The molecule has 0 bridgehead atoms. The van der Waals surface area contributed by atoms with Gasteiger partial charge in [0.05, 0.1) is 21.3 Å². The van der Waals surface area contributed by atoms with Crippen molar-refractivity contribution in [3.8, 4) is 17.2 Å². The molecule has 2 amide bonds. The Bertz CT molecular complexity index is 572. The highest BCUT2D eigenvalue weighted by Gasteiger charge is 2.34. The molecule has 0 aromatic heterocycles. The molecular weight excluding hydrogens is 308 g/mol. The van der Waals surface area contributed by atoms with Gasteiger partial charge in [0.1, 0.15) is 0 Å². The Morgan fingerprint density at radius 2 is 1.71 bits per heavy atom. The van der Waals surface area contributed by atoms with E-state index in [4.69, 9.17) is 14.2 Å². The zero-order valence-electron chi connectivity index (χ0n) is 14.6. The molecule has 2 aliphatic rings. The highest BCUT2D eigenvalue weighted by Crippen LogP contribution is 2.38. The number of amides is 2. The molecule has 0 spiro atoms. The van der Waals surface area contributed by atoms with E-state index in [1.54, 1.807) is 21.3 Å². The molecule has 0 heterocycles. The quantitative estimate of drug-likeness (QED) is 0.794. The zero-order chi connectivity index (χ0) is 17.1. The maximum Gasteiger partial charge on any atom is 0.317 e. The summed E-state index contributed by atoms with van der Waals surface area (Å²) in [5.41, 5.74) is 1.06. The SMILES string of the molecule is COc1cc(CCN(C(=O)NC2CC2)C2CC2)cc(OC)c1OC. The van der Waals surface area contributed by atoms with Crippen molar-refractivity contribution in [2.45, 2.75) is 44.2 Å². The van der Waals surface area contributed by atoms with Crippen LogP contribution in [0.5, 0.6) is 17.2 Å². The van der Waals surface area contributed by atoms with E-state index in [0.717, 1.165) is 37.7 Å². The fourth-order valence-electron chi connectivity index (χ4n) is 2.85. The van der Waals surface area contributed by atoms with Crippen LogP contribution in [0.15, 0.2) is 12.1 Å². The first-order chi connectivity index (χ1) is 11.7. The summed E-state index contributed by atoms with van der Waals surface area (Å²) < 4.78 is 16.1. The first-order valence-corrected chi connectivity index (χ1v) is 8.52. The minimum absolute atomic E-state index is 0.0763. The van der Waals surface area contributed by atoms with E-state index in [2.05, 4.69) is 5.32 Å². The van der Waals surface area contributed by atoms with E-state index < -0.39 is 0 Å². The van der Waals surface area contributed by atoms with Crippen LogP contribution in [0.25, 0.3) is 0 Å². The molecule has 2 aliphatic carbocycles. The van der Waals surface area contributed by atoms with Gasteiger partial charge in [0.15, 0.2) is 11.5 Å². The van der Waals surface area contributed by atoms with Crippen molar-refractivity contribution in [3.63, 3.8) is 0 Å². The van der Waals surface area contributed by atoms with Crippen molar-refractivity contribution in [1.82, 2.24) is 10.2 Å². The normalized spacial score (nSPS) is 16.5. The highest BCUT2D eigenvalue weighted by molar-refractivity contribution is 5.75. The average Bonchev–Trinajstić information content (AvgIpc) is 3.48. The molecule has 24 heavy (non-hydrogen) atoms. The van der Waals surface area contributed by atoms with Gasteiger partial charge in [0, 0.05) is 18.6 Å². The molecule has 1 aromatic rings. The highest BCUT2D eigenvalue weighted by atomic mass is 16.5. The maximum atomic E-state index is 12.4. The molecule has 2 fully saturated rings. The Hall–Kier alpha value is -2.11. The predicted octanol–water partition coefficient (Wildman–Crippen LogP) is 2.59. The van der Waals surface area contributed by atoms with E-state index in [9.17, 15) is 4.79 Å². The number of methoxy groups -OCH3 is 3. The van der Waals surface area contributed by atoms with Crippen LogP contribution in [-0.2, 0) is 6.42 Å². The van der Waals surface area contributed by atoms with Gasteiger partial charge >= 0.3 is 6.03 Å². The average molecular weight is 334 g/mol. The smallest absolute Gasteiger partial charge is 0.317 e. The summed E-state index contributed by atoms with van der Waals surface area (Å²) in [7, 11) is 4.82. The van der Waals surface area contributed by atoms with E-state index in [1.165, 1.54) is 0 Å². The third-order valence-electron chi connectivity index (χ3n) is 4.52. The number of carbonyl (C=O) groups excluding carboxylic acids is 1. The molecule has 3 rings (SSSR count). The van der Waals surface area contributed by atoms with E-state index in [1.807, 2.05) is 17.0 Å². The van der Waals surface area contributed by atoms with Crippen molar-refractivity contribution in [1.29, 1.82) is 0 Å². The molecule has 0 atom stereocenters. The lowest BCUT2D eigenvalue weighted by molar-refractivity contribution is 0.195. The monoisotopic (exact) mass is 334 g/mol. The van der Waals surface area contributed by atoms with Crippen LogP contribution in [0, 0.1) is 0 Å². The molecule has 2 saturated carbocycles. The third-order valence-corrected chi connectivity index (χ3v) is 4.52. The fourth-order valence-corrected chi connectivity index (χ4v) is 2.85. The number of nitrogens with zero attached hydrogens (tertiary/aromatic N) is 1. The van der Waals surface area contributed by atoms with Gasteiger partial charge < -0.3 is 24.4 Å². The lowest BCUT2D eigenvalue weighted by Gasteiger charge is -2.23. The van der Waals surface area contributed by atoms with Crippen LogP contribution in [0.2, 0.25) is 0 Å². The molecule has 0 aliphatic heterocycles. The molecule has 1 aromatic carbocycles. The minimum Gasteiger partial charge on any atom is -0.493 e. The largest absolute Gasteiger partial charge is 0.493 e. The van der Waals surface area contributed by atoms with E-state index in [0.29, 0.717) is 35.9 Å². The van der Waals surface area contributed by atoms with Gasteiger partial charge in [0.2, 0.25) is 5.75 Å². The van der Waals surface area contributed by atoms with Crippen LogP contribution < -0.4 is 19.5 Å². The summed E-state index contributed by atoms with van der Waals surface area (Å²) >= 11 is 0. The molecule has 6 nitrogen and oxygen atoms in total. The van der Waals surface area contributed by atoms with Gasteiger partial charge in [-0.1, -0.05) is 0 Å². The molecule has 6 heteroatoms. The Kier molecular flexibility index (Phi) is 5.02. The standard InChI is InChI=1S/C18H26N2O4/c1-22-15-10-12(11-16(23-2)17(15)24-3)8-9-20(14-6-7-14)18(21)19-13-4-5-13/h10-11,13-14H,4-9H2,1-3H3,(H,19,21). The minimum atomic E-state index is 0.0763. The molecule has 132 valence electrons. The Balaban J connectivity index is 1.68. The van der Waals surface area contributed by atoms with Gasteiger partial charge in [-0.15, -0.1) is 0 Å². The second-order valence-corrected chi connectivity index (χ2v) is 6.43. The second kappa shape index (κ2) is 7.20. The molecule has 0 unspecified atom stereocenters. The Morgan fingerprint density at radius 1 is 1.08 bits per heavy atom. The lowest BCUT2D eigenvalue weighted by Crippen LogP contribution is -2.43. The topological polar surface area (TPSA) is 60.0 Å². The summed E-state index contributed by atoms with van der Waals surface area (Å²) in [6.07, 6.45) is 5.18. The van der Waals surface area contributed by atoms with Gasteiger partial charge in [-0.2, -0.15) is 0 Å². The molecule has 0 saturated heterocycles. The summed E-state index contributed by atoms with van der Waals surface area (Å²) in [4.78, 5) is 14.4. The number of ether oxygens (including phenoxy) is 3. The first kappa shape index (κ1) is 16.7. The fraction of sp³-hybridized carbons (Fsp3) is 0.611. The van der Waals surface area contributed by atoms with Gasteiger partial charge in [0.25, 0.3) is 0 Å². The Morgan fingerprint density at radius 3 is 2.17 bits per heavy atom. The number of nitrogens with one attached hydrogen (secondary N) is 1. The van der Waals surface area contributed by atoms with Crippen molar-refractivity contribution in [2.24, 2.45) is 0 Å². The van der Waals surface area contributed by atoms with Crippen molar-refractivity contribution in [3.05, 3.63) is 17.7 Å². The summed E-state index contributed by atoms with van der Waals surface area (Å²) in [5, 5.41) is 3.09. The summed E-state index contributed by atoms with van der Waals surface area (Å²) in [6.45, 7) is 0.696. The second-order valence-electron chi connectivity index (χ2n) is 6.43. The number of urea groups is 1. The van der Waals surface area contributed by atoms with Gasteiger partial charge in [-0.05, 0) is 49.8 Å². The van der Waals surface area contributed by atoms with Gasteiger partial charge in [-0.3, -0.25) is 0 Å². The predicted molar refractivity (Wildman–Crippen MR) is 91.1 cm³/mol. The van der Waals surface area contributed by atoms with E-state index in [-0.39, 0.29) is 6.03 Å². The number of rotatable bonds is 8. The first-order valence-electron chi connectivity index (χ1n) is 8.52. The van der Waals surface area contributed by atoms with Crippen molar-refractivity contribution in [2.75, 3.05) is 27.9 Å². The van der Waals surface area contributed by atoms with Crippen molar-refractivity contribution < 1.29 is 19.0 Å². The van der Waals surface area contributed by atoms with Gasteiger partial charge in [-0.25, -0.2) is 4.79 Å². The molecule has 1 N–H and O–H groups in total. The van der Waals surface area contributed by atoms with Crippen LogP contribution in [0.1, 0.15) is 31.2 Å². The summed E-state index contributed by atoms with van der Waals surface area (Å²) in [6, 6.07) is 4.76. The summed E-state index contributed by atoms with van der Waals surface area (Å²) in [5.74, 6) is 1.88. The number of benzene rings is 1. The lowest BCUT2D eigenvalue weighted by atomic mass is 10.1. The maximum absolute atomic E-state index is 12.4. The third kappa shape index (κ3) is 3.86. The van der Waals surface area contributed by atoms with Crippen LogP contribution in [0.3, 0.4) is 0 Å². The molecular formula is C18H26N2O4. The number of hydrogen-bond acceptors (Lipinski definition) is 4. The number of hydrogen-bond donors (Lipinski definition) is 1. The van der Waals surface area contributed by atoms with E-state index >= 15 is 0 Å². The van der Waals surface area contributed by atoms with Crippen LogP contribution >= 0.6 is 0 Å². The Labute approximate surface area is 143 Å².